The molecule has 0 fully saturated rings. The molecule has 0 aliphatic rings. The van der Waals surface area contributed by atoms with E-state index < -0.39 is 10.0 Å². The molecular weight excluding hydrogens is 264 g/mol. The zero-order chi connectivity index (χ0) is 14.5. The molecular formula is C13H20N2O3S. The van der Waals surface area contributed by atoms with Gasteiger partial charge in [0.15, 0.2) is 0 Å². The number of hydrogen-bond donors (Lipinski definition) is 2. The third-order valence-corrected chi connectivity index (χ3v) is 4.06. The lowest BCUT2D eigenvalue weighted by Gasteiger charge is -2.12. The second kappa shape index (κ2) is 6.56. The van der Waals surface area contributed by atoms with Crippen LogP contribution >= 0.6 is 0 Å². The molecule has 106 valence electrons. The maximum absolute atomic E-state index is 11.7. The highest BCUT2D eigenvalue weighted by molar-refractivity contribution is 7.92. The minimum absolute atomic E-state index is 0.0813. The van der Waals surface area contributed by atoms with Gasteiger partial charge in [0.1, 0.15) is 0 Å². The van der Waals surface area contributed by atoms with Gasteiger partial charge >= 0.3 is 0 Å². The van der Waals surface area contributed by atoms with E-state index in [1.54, 1.807) is 25.1 Å². The van der Waals surface area contributed by atoms with Gasteiger partial charge in [-0.25, -0.2) is 8.42 Å². The highest BCUT2D eigenvalue weighted by Gasteiger charge is 2.11. The van der Waals surface area contributed by atoms with Crippen molar-refractivity contribution in [3.63, 3.8) is 0 Å². The first-order valence-corrected chi connectivity index (χ1v) is 7.94. The summed E-state index contributed by atoms with van der Waals surface area (Å²) in [5, 5.41) is 2.70. The fourth-order valence-electron chi connectivity index (χ4n) is 1.55. The Morgan fingerprint density at radius 3 is 2.53 bits per heavy atom. The van der Waals surface area contributed by atoms with Gasteiger partial charge in [0, 0.05) is 12.1 Å². The molecule has 1 rings (SSSR count). The standard InChI is InChI=1S/C13H20N2O3S/c1-4-8-19(17,18)15-12-9-11(7-6-10(12)3)14-13(16)5-2/h6-7,9,15H,4-5,8H2,1-3H3,(H,14,16). The van der Waals surface area contributed by atoms with E-state index in [2.05, 4.69) is 10.0 Å². The van der Waals surface area contributed by atoms with E-state index in [1.165, 1.54) is 0 Å². The van der Waals surface area contributed by atoms with Crippen molar-refractivity contribution in [3.8, 4) is 0 Å². The van der Waals surface area contributed by atoms with Crippen molar-refractivity contribution < 1.29 is 13.2 Å². The highest BCUT2D eigenvalue weighted by Crippen LogP contribution is 2.21. The van der Waals surface area contributed by atoms with Gasteiger partial charge in [0.2, 0.25) is 15.9 Å². The molecule has 0 radical (unpaired) electrons. The number of carbonyl (C=O) groups excluding carboxylic acids is 1. The van der Waals surface area contributed by atoms with Gasteiger partial charge in [-0.15, -0.1) is 0 Å². The van der Waals surface area contributed by atoms with Gasteiger partial charge < -0.3 is 5.32 Å². The number of nitrogens with one attached hydrogen (secondary N) is 2. The molecule has 1 aromatic rings. The Labute approximate surface area is 114 Å². The third-order valence-electron chi connectivity index (χ3n) is 2.58. The molecule has 0 aromatic heterocycles. The predicted octanol–water partition coefficient (Wildman–Crippen LogP) is 2.50. The minimum Gasteiger partial charge on any atom is -0.326 e. The largest absolute Gasteiger partial charge is 0.326 e. The van der Waals surface area contributed by atoms with Gasteiger partial charge in [-0.2, -0.15) is 0 Å². The maximum Gasteiger partial charge on any atom is 0.232 e. The fourth-order valence-corrected chi connectivity index (χ4v) is 2.74. The predicted molar refractivity (Wildman–Crippen MR) is 77.8 cm³/mol. The SMILES string of the molecule is CCCS(=O)(=O)Nc1cc(NC(=O)CC)ccc1C. The molecule has 0 unspecified atom stereocenters. The third kappa shape index (κ3) is 4.90. The summed E-state index contributed by atoms with van der Waals surface area (Å²) in [5.41, 5.74) is 1.91. The van der Waals surface area contributed by atoms with E-state index in [0.29, 0.717) is 24.2 Å². The van der Waals surface area contributed by atoms with Crippen molar-refractivity contribution in [2.24, 2.45) is 0 Å². The molecule has 2 N–H and O–H groups in total. The van der Waals surface area contributed by atoms with Crippen molar-refractivity contribution >= 4 is 27.3 Å². The zero-order valence-electron chi connectivity index (χ0n) is 11.5. The van der Waals surface area contributed by atoms with E-state index in [0.717, 1.165) is 5.56 Å². The van der Waals surface area contributed by atoms with E-state index in [-0.39, 0.29) is 11.7 Å². The average molecular weight is 284 g/mol. The van der Waals surface area contributed by atoms with Crippen LogP contribution in [0.4, 0.5) is 11.4 Å². The van der Waals surface area contributed by atoms with Crippen LogP contribution in [0.2, 0.25) is 0 Å². The number of benzene rings is 1. The molecule has 0 spiro atoms. The summed E-state index contributed by atoms with van der Waals surface area (Å²) >= 11 is 0. The highest BCUT2D eigenvalue weighted by atomic mass is 32.2. The smallest absolute Gasteiger partial charge is 0.232 e. The van der Waals surface area contributed by atoms with Crippen LogP contribution in [0, 0.1) is 6.92 Å². The summed E-state index contributed by atoms with van der Waals surface area (Å²) in [5.74, 6) is -0.0240. The van der Waals surface area contributed by atoms with Crippen molar-refractivity contribution in [1.82, 2.24) is 0 Å². The second-order valence-corrected chi connectivity index (χ2v) is 6.19. The van der Waals surface area contributed by atoms with Crippen molar-refractivity contribution in [2.45, 2.75) is 33.6 Å². The van der Waals surface area contributed by atoms with Gasteiger partial charge in [0.25, 0.3) is 0 Å². The number of aryl methyl sites for hydroxylation is 1. The minimum atomic E-state index is -3.32. The van der Waals surface area contributed by atoms with Crippen molar-refractivity contribution in [3.05, 3.63) is 23.8 Å². The number of hydrogen-bond acceptors (Lipinski definition) is 3. The van der Waals surface area contributed by atoms with E-state index in [9.17, 15) is 13.2 Å². The zero-order valence-corrected chi connectivity index (χ0v) is 12.3. The Balaban J connectivity index is 2.95. The lowest BCUT2D eigenvalue weighted by Crippen LogP contribution is -2.17. The molecule has 0 saturated carbocycles. The van der Waals surface area contributed by atoms with Crippen molar-refractivity contribution in [2.75, 3.05) is 15.8 Å². The Bertz CT molecular complexity index is 553. The molecule has 5 nitrogen and oxygen atoms in total. The molecule has 0 aliphatic carbocycles. The number of rotatable bonds is 6. The topological polar surface area (TPSA) is 75.3 Å². The van der Waals surface area contributed by atoms with E-state index in [4.69, 9.17) is 0 Å². The molecule has 0 atom stereocenters. The molecule has 6 heteroatoms. The molecule has 0 saturated heterocycles. The van der Waals surface area contributed by atoms with E-state index >= 15 is 0 Å². The number of sulfonamides is 1. The van der Waals surface area contributed by atoms with Crippen LogP contribution in [0.25, 0.3) is 0 Å². The first-order chi connectivity index (χ1) is 8.88. The first kappa shape index (κ1) is 15.5. The Hall–Kier alpha value is -1.56. The molecule has 0 bridgehead atoms. The molecule has 19 heavy (non-hydrogen) atoms. The van der Waals surface area contributed by atoms with Crippen LogP contribution in [0.1, 0.15) is 32.3 Å². The summed E-state index contributed by atoms with van der Waals surface area (Å²) in [4.78, 5) is 11.3. The first-order valence-electron chi connectivity index (χ1n) is 6.29. The number of amides is 1. The molecule has 0 aliphatic heterocycles. The van der Waals surface area contributed by atoms with Crippen LogP contribution in [-0.2, 0) is 14.8 Å². The van der Waals surface area contributed by atoms with Crippen molar-refractivity contribution in [1.29, 1.82) is 0 Å². The monoisotopic (exact) mass is 284 g/mol. The van der Waals surface area contributed by atoms with Gasteiger partial charge in [-0.1, -0.05) is 19.9 Å². The molecule has 1 aromatic carbocycles. The summed E-state index contributed by atoms with van der Waals surface area (Å²) in [6, 6.07) is 5.16. The Kier molecular flexibility index (Phi) is 5.35. The van der Waals surface area contributed by atoms with Gasteiger partial charge in [0.05, 0.1) is 11.4 Å². The quantitative estimate of drug-likeness (QED) is 0.842. The van der Waals surface area contributed by atoms with Crippen LogP contribution in [0.3, 0.4) is 0 Å². The van der Waals surface area contributed by atoms with Crippen LogP contribution in [0.5, 0.6) is 0 Å². The van der Waals surface area contributed by atoms with Crippen LogP contribution in [0.15, 0.2) is 18.2 Å². The summed E-state index contributed by atoms with van der Waals surface area (Å²) in [6.45, 7) is 5.38. The normalized spacial score (nSPS) is 11.1. The van der Waals surface area contributed by atoms with Gasteiger partial charge in [-0.3, -0.25) is 9.52 Å². The van der Waals surface area contributed by atoms with Crippen LogP contribution in [-0.4, -0.2) is 20.1 Å². The lowest BCUT2D eigenvalue weighted by atomic mass is 10.2. The Morgan fingerprint density at radius 2 is 1.95 bits per heavy atom. The fraction of sp³-hybridized carbons (Fsp3) is 0.462. The maximum atomic E-state index is 11.7. The molecule has 1 amide bonds. The number of anilines is 2. The molecule has 0 heterocycles. The number of carbonyl (C=O) groups is 1. The van der Waals surface area contributed by atoms with E-state index in [1.807, 2.05) is 13.8 Å². The van der Waals surface area contributed by atoms with Gasteiger partial charge in [-0.05, 0) is 31.0 Å². The summed E-state index contributed by atoms with van der Waals surface area (Å²) in [7, 11) is -3.32. The summed E-state index contributed by atoms with van der Waals surface area (Å²) in [6.07, 6.45) is 0.936. The second-order valence-electron chi connectivity index (χ2n) is 4.35. The van der Waals surface area contributed by atoms with Crippen LogP contribution < -0.4 is 10.0 Å². The Morgan fingerprint density at radius 1 is 1.26 bits per heavy atom. The summed E-state index contributed by atoms with van der Waals surface area (Å²) < 4.78 is 26.0. The average Bonchev–Trinajstić information content (AvgIpc) is 2.32. The lowest BCUT2D eigenvalue weighted by molar-refractivity contribution is -0.115.